The van der Waals surface area contributed by atoms with Gasteiger partial charge in [0.2, 0.25) is 0 Å². The van der Waals surface area contributed by atoms with E-state index in [4.69, 9.17) is 0 Å². The van der Waals surface area contributed by atoms with Crippen LogP contribution in [0.3, 0.4) is 0 Å². The Morgan fingerprint density at radius 1 is 1.05 bits per heavy atom. The van der Waals surface area contributed by atoms with Gasteiger partial charge in [-0.3, -0.25) is 4.68 Å². The van der Waals surface area contributed by atoms with Gasteiger partial charge in [-0.1, -0.05) is 49.6 Å². The maximum atomic E-state index is 9.38. The SMILES string of the molecule is N#CC1CCCCCC1n1cc(-c2ccccc2)cn1. The first-order valence-corrected chi connectivity index (χ1v) is 7.37. The normalized spacial score (nSPS) is 22.9. The fraction of sp³-hybridized carbons (Fsp3) is 0.412. The molecule has 1 aromatic heterocycles. The predicted octanol–water partition coefficient (Wildman–Crippen LogP) is 4.20. The average molecular weight is 265 g/mol. The lowest BCUT2D eigenvalue weighted by Gasteiger charge is -2.19. The zero-order valence-electron chi connectivity index (χ0n) is 11.6. The fourth-order valence-electron chi connectivity index (χ4n) is 3.05. The molecule has 1 fully saturated rings. The van der Waals surface area contributed by atoms with Crippen molar-refractivity contribution < 1.29 is 0 Å². The summed E-state index contributed by atoms with van der Waals surface area (Å²) in [7, 11) is 0. The second kappa shape index (κ2) is 5.92. The molecular formula is C17H19N3. The summed E-state index contributed by atoms with van der Waals surface area (Å²) in [5, 5.41) is 13.9. The molecule has 2 atom stereocenters. The van der Waals surface area contributed by atoms with Gasteiger partial charge in [-0.25, -0.2) is 0 Å². The number of hydrogen-bond acceptors (Lipinski definition) is 2. The van der Waals surface area contributed by atoms with E-state index in [9.17, 15) is 5.26 Å². The first kappa shape index (κ1) is 12.9. The molecule has 1 aromatic carbocycles. The Labute approximate surface area is 119 Å². The smallest absolute Gasteiger partial charge is 0.0687 e. The Hall–Kier alpha value is -2.08. The summed E-state index contributed by atoms with van der Waals surface area (Å²) in [6.07, 6.45) is 9.67. The summed E-state index contributed by atoms with van der Waals surface area (Å²) >= 11 is 0. The maximum absolute atomic E-state index is 9.38. The first-order chi connectivity index (χ1) is 9.88. The highest BCUT2D eigenvalue weighted by Gasteiger charge is 2.25. The molecule has 1 saturated carbocycles. The van der Waals surface area contributed by atoms with Gasteiger partial charge in [0.1, 0.15) is 0 Å². The van der Waals surface area contributed by atoms with Crippen molar-refractivity contribution in [1.82, 2.24) is 9.78 Å². The molecule has 3 heteroatoms. The van der Waals surface area contributed by atoms with Crippen LogP contribution in [0, 0.1) is 17.2 Å². The van der Waals surface area contributed by atoms with Crippen LogP contribution < -0.4 is 0 Å². The largest absolute Gasteiger partial charge is 0.268 e. The fourth-order valence-corrected chi connectivity index (χ4v) is 3.05. The van der Waals surface area contributed by atoms with Crippen LogP contribution in [0.2, 0.25) is 0 Å². The van der Waals surface area contributed by atoms with E-state index in [-0.39, 0.29) is 12.0 Å². The zero-order valence-corrected chi connectivity index (χ0v) is 11.6. The summed E-state index contributed by atoms with van der Waals surface area (Å²) < 4.78 is 2.02. The first-order valence-electron chi connectivity index (χ1n) is 7.37. The summed E-state index contributed by atoms with van der Waals surface area (Å²) in [5.74, 6) is 0.0982. The van der Waals surface area contributed by atoms with Crippen LogP contribution in [0.1, 0.15) is 38.1 Å². The highest BCUT2D eigenvalue weighted by atomic mass is 15.3. The molecule has 0 bridgehead atoms. The Balaban J connectivity index is 1.87. The third-order valence-corrected chi connectivity index (χ3v) is 4.19. The van der Waals surface area contributed by atoms with E-state index in [1.807, 2.05) is 29.1 Å². The second-order valence-electron chi connectivity index (χ2n) is 5.52. The number of nitriles is 1. The van der Waals surface area contributed by atoms with Crippen molar-refractivity contribution in [3.05, 3.63) is 42.7 Å². The van der Waals surface area contributed by atoms with Crippen LogP contribution in [0.25, 0.3) is 11.1 Å². The summed E-state index contributed by atoms with van der Waals surface area (Å²) in [4.78, 5) is 0. The predicted molar refractivity (Wildman–Crippen MR) is 78.9 cm³/mol. The van der Waals surface area contributed by atoms with Crippen molar-refractivity contribution in [1.29, 1.82) is 5.26 Å². The lowest BCUT2D eigenvalue weighted by atomic mass is 9.96. The highest BCUT2D eigenvalue weighted by molar-refractivity contribution is 5.61. The summed E-state index contributed by atoms with van der Waals surface area (Å²) in [5.41, 5.74) is 2.31. The van der Waals surface area contributed by atoms with E-state index in [2.05, 4.69) is 29.5 Å². The molecule has 0 radical (unpaired) electrons. The second-order valence-corrected chi connectivity index (χ2v) is 5.52. The van der Waals surface area contributed by atoms with Crippen molar-refractivity contribution in [2.45, 2.75) is 38.1 Å². The monoisotopic (exact) mass is 265 g/mol. The van der Waals surface area contributed by atoms with E-state index in [0.29, 0.717) is 0 Å². The number of rotatable bonds is 2. The topological polar surface area (TPSA) is 41.6 Å². The molecule has 1 aliphatic rings. The van der Waals surface area contributed by atoms with E-state index in [1.165, 1.54) is 24.8 Å². The third-order valence-electron chi connectivity index (χ3n) is 4.19. The molecule has 2 unspecified atom stereocenters. The van der Waals surface area contributed by atoms with Crippen LogP contribution in [-0.4, -0.2) is 9.78 Å². The maximum Gasteiger partial charge on any atom is 0.0687 e. The van der Waals surface area contributed by atoms with Crippen LogP contribution in [0.5, 0.6) is 0 Å². The molecule has 0 N–H and O–H groups in total. The molecule has 3 rings (SSSR count). The van der Waals surface area contributed by atoms with Gasteiger partial charge in [-0.2, -0.15) is 10.4 Å². The molecule has 1 aliphatic carbocycles. The molecule has 102 valence electrons. The van der Waals surface area contributed by atoms with Crippen LogP contribution >= 0.6 is 0 Å². The zero-order chi connectivity index (χ0) is 13.8. The van der Waals surface area contributed by atoms with Crippen molar-refractivity contribution in [3.8, 4) is 17.2 Å². The van der Waals surface area contributed by atoms with Crippen molar-refractivity contribution in [3.63, 3.8) is 0 Å². The van der Waals surface area contributed by atoms with Crippen LogP contribution in [0.15, 0.2) is 42.7 Å². The molecule has 3 nitrogen and oxygen atoms in total. The molecular weight excluding hydrogens is 246 g/mol. The Kier molecular flexibility index (Phi) is 3.83. The van der Waals surface area contributed by atoms with Gasteiger partial charge in [0.15, 0.2) is 0 Å². The highest BCUT2D eigenvalue weighted by Crippen LogP contribution is 2.32. The molecule has 0 amide bonds. The minimum Gasteiger partial charge on any atom is -0.268 e. The third kappa shape index (κ3) is 2.60. The Morgan fingerprint density at radius 2 is 1.85 bits per heavy atom. The van der Waals surface area contributed by atoms with E-state index in [1.54, 1.807) is 0 Å². The molecule has 20 heavy (non-hydrogen) atoms. The van der Waals surface area contributed by atoms with Gasteiger partial charge >= 0.3 is 0 Å². The van der Waals surface area contributed by atoms with E-state index in [0.717, 1.165) is 18.4 Å². The van der Waals surface area contributed by atoms with Crippen LogP contribution in [-0.2, 0) is 0 Å². The van der Waals surface area contributed by atoms with Gasteiger partial charge in [-0.15, -0.1) is 0 Å². The Morgan fingerprint density at radius 3 is 2.65 bits per heavy atom. The van der Waals surface area contributed by atoms with Gasteiger partial charge in [0.25, 0.3) is 0 Å². The molecule has 2 aromatic rings. The van der Waals surface area contributed by atoms with Gasteiger partial charge < -0.3 is 0 Å². The molecule has 0 aliphatic heterocycles. The minimum absolute atomic E-state index is 0.0982. The van der Waals surface area contributed by atoms with E-state index < -0.39 is 0 Å². The number of hydrogen-bond donors (Lipinski definition) is 0. The van der Waals surface area contributed by atoms with Gasteiger partial charge in [-0.05, 0) is 18.4 Å². The van der Waals surface area contributed by atoms with Crippen molar-refractivity contribution in [2.75, 3.05) is 0 Å². The number of aromatic nitrogens is 2. The Bertz CT molecular complexity index is 594. The quantitative estimate of drug-likeness (QED) is 0.764. The van der Waals surface area contributed by atoms with Crippen molar-refractivity contribution in [2.24, 2.45) is 5.92 Å². The molecule has 0 saturated heterocycles. The lowest BCUT2D eigenvalue weighted by Crippen LogP contribution is -2.17. The number of benzene rings is 1. The van der Waals surface area contributed by atoms with Crippen molar-refractivity contribution >= 4 is 0 Å². The molecule has 0 spiro atoms. The standard InChI is InChI=1S/C17H19N3/c18-11-15-9-5-2-6-10-17(15)20-13-16(12-19-20)14-7-3-1-4-8-14/h1,3-4,7-8,12-13,15,17H,2,5-6,9-10H2. The van der Waals surface area contributed by atoms with E-state index >= 15 is 0 Å². The summed E-state index contributed by atoms with van der Waals surface area (Å²) in [6, 6.07) is 13.0. The summed E-state index contributed by atoms with van der Waals surface area (Å²) in [6.45, 7) is 0. The number of nitrogens with zero attached hydrogens (tertiary/aromatic N) is 3. The van der Waals surface area contributed by atoms with Crippen LogP contribution in [0.4, 0.5) is 0 Å². The minimum atomic E-state index is 0.0982. The van der Waals surface area contributed by atoms with Gasteiger partial charge in [0, 0.05) is 11.8 Å². The van der Waals surface area contributed by atoms with Gasteiger partial charge in [0.05, 0.1) is 24.2 Å². The average Bonchev–Trinajstić information content (AvgIpc) is 2.87. The lowest BCUT2D eigenvalue weighted by molar-refractivity contribution is 0.343. The molecule has 1 heterocycles.